The monoisotopic (exact) mass is 118 g/mol. The summed E-state index contributed by atoms with van der Waals surface area (Å²) in [4.78, 5) is 9.00. The predicted molar refractivity (Wildman–Crippen MR) is 19.7 cm³/mol. The number of hydrogen-bond donors (Lipinski definition) is 3. The van der Waals surface area contributed by atoms with Gasteiger partial charge in [0.25, 0.3) is 5.97 Å². The van der Waals surface area contributed by atoms with Gasteiger partial charge >= 0.3 is 29.6 Å². The predicted octanol–water partition coefficient (Wildman–Crippen LogP) is -2.78. The SMILES string of the molecule is CC(=O)O.OO.[H-].[Na+]. The van der Waals surface area contributed by atoms with E-state index in [-0.39, 0.29) is 31.0 Å². The molecule has 0 bridgehead atoms. The number of carboxylic acid groups (broad SMARTS) is 1. The van der Waals surface area contributed by atoms with Crippen LogP contribution in [0.2, 0.25) is 0 Å². The van der Waals surface area contributed by atoms with Gasteiger partial charge in [-0.15, -0.1) is 0 Å². The molecule has 0 saturated carbocycles. The van der Waals surface area contributed by atoms with Crippen LogP contribution >= 0.6 is 0 Å². The maximum absolute atomic E-state index is 9.00. The topological polar surface area (TPSA) is 77.8 Å². The van der Waals surface area contributed by atoms with Gasteiger partial charge in [0.1, 0.15) is 0 Å². The van der Waals surface area contributed by atoms with Crippen LogP contribution in [0.5, 0.6) is 0 Å². The molecule has 0 heterocycles. The van der Waals surface area contributed by atoms with Gasteiger partial charge in [-0.1, -0.05) is 0 Å². The summed E-state index contributed by atoms with van der Waals surface area (Å²) in [5.74, 6) is -0.833. The summed E-state index contributed by atoms with van der Waals surface area (Å²) in [6.07, 6.45) is 0. The van der Waals surface area contributed by atoms with Gasteiger partial charge in [-0.05, 0) is 0 Å². The number of carboxylic acids is 1. The van der Waals surface area contributed by atoms with E-state index in [1.54, 1.807) is 0 Å². The Balaban J connectivity index is -0.0000000183. The number of carbonyl (C=O) groups is 1. The van der Waals surface area contributed by atoms with E-state index >= 15 is 0 Å². The Morgan fingerprint density at radius 3 is 1.57 bits per heavy atom. The standard InChI is InChI=1S/C2H4O2.Na.H2O2.H/c1-2(3)4;;1-2;/h1H3,(H,3,4);;1-2H;/q;+1;;-1. The van der Waals surface area contributed by atoms with Crippen LogP contribution in [-0.4, -0.2) is 21.6 Å². The van der Waals surface area contributed by atoms with Crippen molar-refractivity contribution in [2.24, 2.45) is 0 Å². The third-order valence-corrected chi connectivity index (χ3v) is 0. The first-order valence-electron chi connectivity index (χ1n) is 1.13. The second-order valence-corrected chi connectivity index (χ2v) is 0.519. The summed E-state index contributed by atoms with van der Waals surface area (Å²) < 4.78 is 0. The van der Waals surface area contributed by atoms with Crippen molar-refractivity contribution in [3.63, 3.8) is 0 Å². The first kappa shape index (κ1) is 15.7. The van der Waals surface area contributed by atoms with E-state index in [0.29, 0.717) is 0 Å². The van der Waals surface area contributed by atoms with Gasteiger partial charge in [-0.3, -0.25) is 15.3 Å². The van der Waals surface area contributed by atoms with Crippen molar-refractivity contribution >= 4 is 5.97 Å². The maximum atomic E-state index is 9.00. The Hall–Kier alpha value is 0.390. The summed E-state index contributed by atoms with van der Waals surface area (Å²) in [5, 5.41) is 19.4. The van der Waals surface area contributed by atoms with Crippen LogP contribution in [0.1, 0.15) is 8.35 Å². The van der Waals surface area contributed by atoms with Crippen LogP contribution in [0.4, 0.5) is 0 Å². The minimum absolute atomic E-state index is 0. The van der Waals surface area contributed by atoms with Crippen molar-refractivity contribution in [2.75, 3.05) is 0 Å². The van der Waals surface area contributed by atoms with Crippen molar-refractivity contribution in [1.29, 1.82) is 0 Å². The first-order valence-corrected chi connectivity index (χ1v) is 1.13. The molecular formula is C2H7NaO4. The molecule has 7 heavy (non-hydrogen) atoms. The van der Waals surface area contributed by atoms with Gasteiger partial charge in [-0.2, -0.15) is 0 Å². The van der Waals surface area contributed by atoms with Crippen LogP contribution < -0.4 is 29.6 Å². The third kappa shape index (κ3) is 810. The molecule has 0 amide bonds. The van der Waals surface area contributed by atoms with E-state index in [4.69, 9.17) is 20.4 Å². The minimum Gasteiger partial charge on any atom is -1.00 e. The molecule has 0 unspecified atom stereocenters. The van der Waals surface area contributed by atoms with Crippen LogP contribution in [0.25, 0.3) is 0 Å². The fourth-order valence-corrected chi connectivity index (χ4v) is 0. The third-order valence-electron chi connectivity index (χ3n) is 0. The zero-order valence-corrected chi connectivity index (χ0v) is 6.25. The van der Waals surface area contributed by atoms with E-state index in [2.05, 4.69) is 0 Å². The quantitative estimate of drug-likeness (QED) is 0.183. The molecule has 0 aliphatic carbocycles. The molecule has 5 heteroatoms. The molecule has 0 fully saturated rings. The van der Waals surface area contributed by atoms with Gasteiger partial charge in [0, 0.05) is 6.92 Å². The van der Waals surface area contributed by atoms with Crippen LogP contribution in [0.3, 0.4) is 0 Å². The Labute approximate surface area is 64.5 Å². The van der Waals surface area contributed by atoms with Crippen LogP contribution in [0.15, 0.2) is 0 Å². The molecule has 0 spiro atoms. The van der Waals surface area contributed by atoms with E-state index in [1.807, 2.05) is 0 Å². The summed E-state index contributed by atoms with van der Waals surface area (Å²) in [6, 6.07) is 0. The Kier molecular flexibility index (Phi) is 36.1. The fraction of sp³-hybridized carbons (Fsp3) is 0.500. The first-order chi connectivity index (χ1) is 2.73. The average molecular weight is 118 g/mol. The second kappa shape index (κ2) is 16.2. The fourth-order valence-electron chi connectivity index (χ4n) is 0. The molecule has 0 aliphatic heterocycles. The molecule has 0 saturated heterocycles. The second-order valence-electron chi connectivity index (χ2n) is 0.519. The van der Waals surface area contributed by atoms with Crippen molar-refractivity contribution in [2.45, 2.75) is 6.92 Å². The number of rotatable bonds is 0. The molecule has 3 N–H and O–H groups in total. The molecule has 4 nitrogen and oxygen atoms in total. The van der Waals surface area contributed by atoms with Crippen molar-refractivity contribution in [3.8, 4) is 0 Å². The minimum atomic E-state index is -0.833. The van der Waals surface area contributed by atoms with Crippen molar-refractivity contribution in [1.82, 2.24) is 0 Å². The largest absolute Gasteiger partial charge is 1.00 e. The van der Waals surface area contributed by atoms with Gasteiger partial charge in [-0.25, -0.2) is 0 Å². The van der Waals surface area contributed by atoms with E-state index in [0.717, 1.165) is 6.92 Å². The molecule has 0 aromatic carbocycles. The van der Waals surface area contributed by atoms with Crippen molar-refractivity contribution < 1.29 is 51.4 Å². The molecule has 0 aromatic heterocycles. The van der Waals surface area contributed by atoms with Gasteiger partial charge in [0.15, 0.2) is 0 Å². The summed E-state index contributed by atoms with van der Waals surface area (Å²) >= 11 is 0. The normalized spacial score (nSPS) is 4.43. The molecule has 0 rings (SSSR count). The molecule has 0 atom stereocenters. The van der Waals surface area contributed by atoms with Crippen LogP contribution in [0, 0.1) is 0 Å². The summed E-state index contributed by atoms with van der Waals surface area (Å²) in [7, 11) is 0. The molecule has 40 valence electrons. The Morgan fingerprint density at radius 1 is 1.57 bits per heavy atom. The molecule has 0 radical (unpaired) electrons. The van der Waals surface area contributed by atoms with E-state index < -0.39 is 5.97 Å². The Bertz CT molecular complexity index is 37.0. The average Bonchev–Trinajstić information content (AvgIpc) is 1.41. The van der Waals surface area contributed by atoms with Gasteiger partial charge < -0.3 is 6.53 Å². The van der Waals surface area contributed by atoms with Gasteiger partial charge in [0.2, 0.25) is 0 Å². The zero-order chi connectivity index (χ0) is 5.58. The zero-order valence-electron chi connectivity index (χ0n) is 5.25. The number of hydrogen-bond acceptors (Lipinski definition) is 3. The van der Waals surface area contributed by atoms with Crippen LogP contribution in [-0.2, 0) is 4.79 Å². The maximum Gasteiger partial charge on any atom is 1.00 e. The van der Waals surface area contributed by atoms with E-state index in [1.165, 1.54) is 0 Å². The summed E-state index contributed by atoms with van der Waals surface area (Å²) in [6.45, 7) is 1.08. The Morgan fingerprint density at radius 2 is 1.57 bits per heavy atom. The summed E-state index contributed by atoms with van der Waals surface area (Å²) in [5.41, 5.74) is 0. The van der Waals surface area contributed by atoms with Gasteiger partial charge in [0.05, 0.1) is 0 Å². The van der Waals surface area contributed by atoms with E-state index in [9.17, 15) is 0 Å². The molecular weight excluding hydrogens is 111 g/mol. The number of aliphatic carboxylic acids is 1. The van der Waals surface area contributed by atoms with Crippen molar-refractivity contribution in [3.05, 3.63) is 0 Å². The smallest absolute Gasteiger partial charge is 1.00 e. The molecule has 0 aromatic rings. The molecule has 0 aliphatic rings.